The number of hydrogen-bond donors (Lipinski definition) is 1. The first-order chi connectivity index (χ1) is 7.99. The Kier molecular flexibility index (Phi) is 2.92. The average Bonchev–Trinajstić information content (AvgIpc) is 2.56. The highest BCUT2D eigenvalue weighted by molar-refractivity contribution is 5.94. The fourth-order valence-electron chi connectivity index (χ4n) is 2.10. The van der Waals surface area contributed by atoms with Crippen molar-refractivity contribution in [3.8, 4) is 0 Å². The molecule has 2 aromatic rings. The Balaban J connectivity index is 2.68. The van der Waals surface area contributed by atoms with Crippen LogP contribution in [0.2, 0.25) is 0 Å². The molecule has 1 aromatic heterocycles. The summed E-state index contributed by atoms with van der Waals surface area (Å²) in [6.07, 6.45) is 0. The van der Waals surface area contributed by atoms with Crippen molar-refractivity contribution in [1.29, 1.82) is 0 Å². The van der Waals surface area contributed by atoms with Gasteiger partial charge in [-0.25, -0.2) is 4.79 Å². The molecule has 0 saturated carbocycles. The molecule has 1 N–H and O–H groups in total. The second kappa shape index (κ2) is 4.24. The summed E-state index contributed by atoms with van der Waals surface area (Å²) in [6.45, 7) is 6.93. The second-order valence-corrected chi connectivity index (χ2v) is 4.90. The maximum absolute atomic E-state index is 11.2. The summed E-state index contributed by atoms with van der Waals surface area (Å²) in [6, 6.07) is 7.78. The van der Waals surface area contributed by atoms with Crippen molar-refractivity contribution in [2.24, 2.45) is 5.92 Å². The first kappa shape index (κ1) is 11.7. The lowest BCUT2D eigenvalue weighted by Gasteiger charge is -2.11. The molecule has 0 fully saturated rings. The highest BCUT2D eigenvalue weighted by Crippen LogP contribution is 2.22. The zero-order valence-corrected chi connectivity index (χ0v) is 10.4. The standard InChI is InChI=1S/C14H17NO2/c1-9(2)8-15-12-6-10(3)4-5-11(12)7-13(15)14(16)17/h4-7,9H,8H2,1-3H3,(H,16,17). The number of aromatic nitrogens is 1. The highest BCUT2D eigenvalue weighted by atomic mass is 16.4. The van der Waals surface area contributed by atoms with Gasteiger partial charge in [-0.3, -0.25) is 0 Å². The monoisotopic (exact) mass is 231 g/mol. The molecule has 3 heteroatoms. The van der Waals surface area contributed by atoms with E-state index >= 15 is 0 Å². The van der Waals surface area contributed by atoms with E-state index in [9.17, 15) is 9.90 Å². The van der Waals surface area contributed by atoms with Gasteiger partial charge in [0.05, 0.1) is 0 Å². The minimum Gasteiger partial charge on any atom is -0.477 e. The first-order valence-corrected chi connectivity index (χ1v) is 5.82. The molecule has 2 rings (SSSR count). The van der Waals surface area contributed by atoms with Crippen LogP contribution in [-0.4, -0.2) is 15.6 Å². The molecule has 0 amide bonds. The number of aryl methyl sites for hydroxylation is 1. The fraction of sp³-hybridized carbons (Fsp3) is 0.357. The van der Waals surface area contributed by atoms with E-state index in [-0.39, 0.29) is 0 Å². The maximum atomic E-state index is 11.2. The van der Waals surface area contributed by atoms with Crippen LogP contribution < -0.4 is 0 Å². The molecule has 0 spiro atoms. The largest absolute Gasteiger partial charge is 0.477 e. The lowest BCUT2D eigenvalue weighted by atomic mass is 10.2. The lowest BCUT2D eigenvalue weighted by molar-refractivity contribution is 0.0685. The first-order valence-electron chi connectivity index (χ1n) is 5.82. The van der Waals surface area contributed by atoms with Gasteiger partial charge in [0.2, 0.25) is 0 Å². The van der Waals surface area contributed by atoms with Crippen LogP contribution in [0.15, 0.2) is 24.3 Å². The fourth-order valence-corrected chi connectivity index (χ4v) is 2.10. The van der Waals surface area contributed by atoms with Crippen LogP contribution in [0, 0.1) is 12.8 Å². The number of carbonyl (C=O) groups is 1. The predicted octanol–water partition coefficient (Wildman–Crippen LogP) is 3.30. The molecule has 0 atom stereocenters. The van der Waals surface area contributed by atoms with E-state index in [1.54, 1.807) is 6.07 Å². The lowest BCUT2D eigenvalue weighted by Crippen LogP contribution is -2.11. The third kappa shape index (κ3) is 2.18. The Labute approximate surface area is 101 Å². The second-order valence-electron chi connectivity index (χ2n) is 4.90. The minimum absolute atomic E-state index is 0.374. The van der Waals surface area contributed by atoms with Crippen molar-refractivity contribution in [3.05, 3.63) is 35.5 Å². The van der Waals surface area contributed by atoms with Crippen LogP contribution in [0.4, 0.5) is 0 Å². The number of carboxylic acids is 1. The summed E-state index contributed by atoms with van der Waals surface area (Å²) < 4.78 is 1.90. The third-order valence-electron chi connectivity index (χ3n) is 2.83. The summed E-state index contributed by atoms with van der Waals surface area (Å²) in [7, 11) is 0. The van der Waals surface area contributed by atoms with Crippen LogP contribution in [0.1, 0.15) is 29.9 Å². The zero-order valence-electron chi connectivity index (χ0n) is 10.4. The molecule has 17 heavy (non-hydrogen) atoms. The van der Waals surface area contributed by atoms with Crippen LogP contribution in [-0.2, 0) is 6.54 Å². The normalized spacial score (nSPS) is 11.3. The maximum Gasteiger partial charge on any atom is 0.352 e. The molecule has 1 aromatic carbocycles. The van der Waals surface area contributed by atoms with Gasteiger partial charge < -0.3 is 9.67 Å². The number of nitrogens with zero attached hydrogens (tertiary/aromatic N) is 1. The predicted molar refractivity (Wildman–Crippen MR) is 68.5 cm³/mol. The number of benzene rings is 1. The Morgan fingerprint density at radius 1 is 1.35 bits per heavy atom. The van der Waals surface area contributed by atoms with E-state index in [1.165, 1.54) is 0 Å². The van der Waals surface area contributed by atoms with Crippen LogP contribution >= 0.6 is 0 Å². The third-order valence-corrected chi connectivity index (χ3v) is 2.83. The summed E-state index contributed by atoms with van der Waals surface area (Å²) in [5.41, 5.74) is 2.54. The Morgan fingerprint density at radius 2 is 2.06 bits per heavy atom. The molecule has 90 valence electrons. The molecule has 3 nitrogen and oxygen atoms in total. The quantitative estimate of drug-likeness (QED) is 0.880. The minimum atomic E-state index is -0.862. The van der Waals surface area contributed by atoms with E-state index in [1.807, 2.05) is 29.7 Å². The molecular formula is C14H17NO2. The van der Waals surface area contributed by atoms with Gasteiger partial charge in [0, 0.05) is 17.4 Å². The van der Waals surface area contributed by atoms with Gasteiger partial charge in [-0.05, 0) is 30.5 Å². The van der Waals surface area contributed by atoms with E-state index in [2.05, 4.69) is 13.8 Å². The van der Waals surface area contributed by atoms with Crippen LogP contribution in [0.5, 0.6) is 0 Å². The Hall–Kier alpha value is -1.77. The SMILES string of the molecule is Cc1ccc2cc(C(=O)O)n(CC(C)C)c2c1. The van der Waals surface area contributed by atoms with Crippen molar-refractivity contribution >= 4 is 16.9 Å². The molecule has 0 radical (unpaired) electrons. The van der Waals surface area contributed by atoms with Crippen molar-refractivity contribution < 1.29 is 9.90 Å². The van der Waals surface area contributed by atoms with Gasteiger partial charge in [0.1, 0.15) is 5.69 Å². The molecule has 0 aliphatic carbocycles. The van der Waals surface area contributed by atoms with Gasteiger partial charge >= 0.3 is 5.97 Å². The van der Waals surface area contributed by atoms with Gasteiger partial charge in [-0.15, -0.1) is 0 Å². The molecule has 0 aliphatic rings. The molecular weight excluding hydrogens is 214 g/mol. The molecule has 1 heterocycles. The van der Waals surface area contributed by atoms with Crippen LogP contribution in [0.3, 0.4) is 0 Å². The molecule has 0 saturated heterocycles. The Bertz CT molecular complexity index is 567. The molecule has 0 unspecified atom stereocenters. The topological polar surface area (TPSA) is 42.2 Å². The number of carboxylic acid groups (broad SMARTS) is 1. The number of rotatable bonds is 3. The smallest absolute Gasteiger partial charge is 0.352 e. The number of hydrogen-bond acceptors (Lipinski definition) is 1. The summed E-state index contributed by atoms with van der Waals surface area (Å²) in [4.78, 5) is 11.2. The number of fused-ring (bicyclic) bond motifs is 1. The summed E-state index contributed by atoms with van der Waals surface area (Å²) >= 11 is 0. The summed E-state index contributed by atoms with van der Waals surface area (Å²) in [5.74, 6) is -0.441. The van der Waals surface area contributed by atoms with Crippen molar-refractivity contribution in [1.82, 2.24) is 4.57 Å². The molecule has 0 aliphatic heterocycles. The van der Waals surface area contributed by atoms with E-state index in [4.69, 9.17) is 0 Å². The Morgan fingerprint density at radius 3 is 2.65 bits per heavy atom. The van der Waals surface area contributed by atoms with Gasteiger partial charge in [-0.1, -0.05) is 26.0 Å². The van der Waals surface area contributed by atoms with Crippen molar-refractivity contribution in [2.75, 3.05) is 0 Å². The van der Waals surface area contributed by atoms with E-state index in [0.29, 0.717) is 11.6 Å². The molecule has 0 bridgehead atoms. The van der Waals surface area contributed by atoms with Gasteiger partial charge in [-0.2, -0.15) is 0 Å². The number of aromatic carboxylic acids is 1. The van der Waals surface area contributed by atoms with Gasteiger partial charge in [0.15, 0.2) is 0 Å². The van der Waals surface area contributed by atoms with Crippen molar-refractivity contribution in [2.45, 2.75) is 27.3 Å². The van der Waals surface area contributed by atoms with E-state index in [0.717, 1.165) is 23.0 Å². The highest BCUT2D eigenvalue weighted by Gasteiger charge is 2.15. The van der Waals surface area contributed by atoms with Gasteiger partial charge in [0.25, 0.3) is 0 Å². The van der Waals surface area contributed by atoms with Crippen molar-refractivity contribution in [3.63, 3.8) is 0 Å². The van der Waals surface area contributed by atoms with Crippen LogP contribution in [0.25, 0.3) is 10.9 Å². The summed E-state index contributed by atoms with van der Waals surface area (Å²) in [5, 5.41) is 10.2. The zero-order chi connectivity index (χ0) is 12.6. The average molecular weight is 231 g/mol. The van der Waals surface area contributed by atoms with E-state index < -0.39 is 5.97 Å².